The van der Waals surface area contributed by atoms with Crippen molar-refractivity contribution in [3.05, 3.63) is 52.7 Å². The normalized spacial score (nSPS) is 10.7. The molecule has 4 nitrogen and oxygen atoms in total. The standard InChI is InChI=1S/C13H12F2N2O2/c1-2-9-5-6-10(8-16-9)17-7-3-4-11(12(17)18)19-13(14)15/h3-8,13H,2H2,1H3. The summed E-state index contributed by atoms with van der Waals surface area (Å²) in [6, 6.07) is 6.16. The quantitative estimate of drug-likeness (QED) is 0.853. The molecule has 0 bridgehead atoms. The number of halogens is 2. The molecule has 6 heteroatoms. The summed E-state index contributed by atoms with van der Waals surface area (Å²) in [5, 5.41) is 0. The predicted octanol–water partition coefficient (Wildman–Crippen LogP) is 2.40. The molecule has 100 valence electrons. The predicted molar refractivity (Wildman–Crippen MR) is 65.8 cm³/mol. The van der Waals surface area contributed by atoms with Gasteiger partial charge in [-0.15, -0.1) is 0 Å². The van der Waals surface area contributed by atoms with E-state index in [1.807, 2.05) is 6.92 Å². The summed E-state index contributed by atoms with van der Waals surface area (Å²) in [5.74, 6) is -0.392. The largest absolute Gasteiger partial charge is 0.429 e. The molecule has 0 radical (unpaired) electrons. The van der Waals surface area contributed by atoms with Crippen LogP contribution in [0.5, 0.6) is 5.75 Å². The van der Waals surface area contributed by atoms with Crippen LogP contribution >= 0.6 is 0 Å². The average Bonchev–Trinajstić information content (AvgIpc) is 2.41. The van der Waals surface area contributed by atoms with Crippen molar-refractivity contribution in [3.8, 4) is 11.4 Å². The van der Waals surface area contributed by atoms with Crippen LogP contribution in [-0.2, 0) is 6.42 Å². The fourth-order valence-corrected chi connectivity index (χ4v) is 1.63. The molecule has 2 aromatic heterocycles. The first-order valence-electron chi connectivity index (χ1n) is 5.73. The van der Waals surface area contributed by atoms with Crippen LogP contribution in [0.3, 0.4) is 0 Å². The molecule has 0 saturated heterocycles. The summed E-state index contributed by atoms with van der Waals surface area (Å²) in [6.45, 7) is -1.06. The highest BCUT2D eigenvalue weighted by Crippen LogP contribution is 2.10. The second-order valence-electron chi connectivity index (χ2n) is 3.79. The van der Waals surface area contributed by atoms with Gasteiger partial charge in [-0.3, -0.25) is 14.3 Å². The number of hydrogen-bond acceptors (Lipinski definition) is 3. The summed E-state index contributed by atoms with van der Waals surface area (Å²) in [6.07, 6.45) is 3.78. The molecule has 0 N–H and O–H groups in total. The highest BCUT2D eigenvalue weighted by Gasteiger charge is 2.10. The Kier molecular flexibility index (Phi) is 3.89. The molecule has 0 unspecified atom stereocenters. The van der Waals surface area contributed by atoms with E-state index < -0.39 is 17.9 Å². The summed E-state index contributed by atoms with van der Waals surface area (Å²) in [7, 11) is 0. The number of aryl methyl sites for hydroxylation is 1. The van der Waals surface area contributed by atoms with Crippen molar-refractivity contribution in [2.24, 2.45) is 0 Å². The maximum absolute atomic E-state index is 12.2. The van der Waals surface area contributed by atoms with Crippen LogP contribution in [0.25, 0.3) is 5.69 Å². The molecule has 0 aromatic carbocycles. The van der Waals surface area contributed by atoms with Crippen LogP contribution in [0.1, 0.15) is 12.6 Å². The SMILES string of the molecule is CCc1ccc(-n2cccc(OC(F)F)c2=O)cn1. The molecular weight excluding hydrogens is 254 g/mol. The zero-order valence-electron chi connectivity index (χ0n) is 10.2. The number of pyridine rings is 2. The number of alkyl halides is 2. The Bertz CT molecular complexity index is 609. The molecular formula is C13H12F2N2O2. The van der Waals surface area contributed by atoms with E-state index in [1.54, 1.807) is 12.1 Å². The number of hydrogen-bond donors (Lipinski definition) is 0. The van der Waals surface area contributed by atoms with E-state index in [9.17, 15) is 13.6 Å². The first kappa shape index (κ1) is 13.2. The van der Waals surface area contributed by atoms with Crippen molar-refractivity contribution in [1.29, 1.82) is 0 Å². The van der Waals surface area contributed by atoms with Gasteiger partial charge in [-0.25, -0.2) is 0 Å². The van der Waals surface area contributed by atoms with Crippen molar-refractivity contribution in [3.63, 3.8) is 0 Å². The first-order valence-corrected chi connectivity index (χ1v) is 5.73. The fraction of sp³-hybridized carbons (Fsp3) is 0.231. The van der Waals surface area contributed by atoms with Crippen LogP contribution in [0, 0.1) is 0 Å². The third-order valence-corrected chi connectivity index (χ3v) is 2.58. The van der Waals surface area contributed by atoms with E-state index in [1.165, 1.54) is 29.1 Å². The second-order valence-corrected chi connectivity index (χ2v) is 3.79. The molecule has 2 rings (SSSR count). The maximum atomic E-state index is 12.2. The summed E-state index contributed by atoms with van der Waals surface area (Å²) >= 11 is 0. The lowest BCUT2D eigenvalue weighted by molar-refractivity contribution is -0.0509. The molecule has 2 aromatic rings. The maximum Gasteiger partial charge on any atom is 0.387 e. The van der Waals surface area contributed by atoms with Crippen LogP contribution in [0.2, 0.25) is 0 Å². The van der Waals surface area contributed by atoms with E-state index in [-0.39, 0.29) is 0 Å². The van der Waals surface area contributed by atoms with Crippen molar-refractivity contribution in [2.45, 2.75) is 20.0 Å². The van der Waals surface area contributed by atoms with Crippen molar-refractivity contribution in [1.82, 2.24) is 9.55 Å². The van der Waals surface area contributed by atoms with Crippen LogP contribution < -0.4 is 10.3 Å². The van der Waals surface area contributed by atoms with Crippen molar-refractivity contribution >= 4 is 0 Å². The van der Waals surface area contributed by atoms with Gasteiger partial charge in [0.1, 0.15) is 0 Å². The smallest absolute Gasteiger partial charge is 0.387 e. The third kappa shape index (κ3) is 2.96. The first-order chi connectivity index (χ1) is 9.11. The molecule has 2 heterocycles. The van der Waals surface area contributed by atoms with E-state index in [0.29, 0.717) is 5.69 Å². The van der Waals surface area contributed by atoms with Crippen LogP contribution in [-0.4, -0.2) is 16.2 Å². The Morgan fingerprint density at radius 1 is 1.37 bits per heavy atom. The highest BCUT2D eigenvalue weighted by molar-refractivity contribution is 5.33. The summed E-state index contributed by atoms with van der Waals surface area (Å²) < 4.78 is 29.7. The number of nitrogens with zero attached hydrogens (tertiary/aromatic N) is 2. The van der Waals surface area contributed by atoms with Gasteiger partial charge in [0, 0.05) is 11.9 Å². The molecule has 0 aliphatic carbocycles. The van der Waals surface area contributed by atoms with E-state index in [2.05, 4.69) is 9.72 Å². The Balaban J connectivity index is 2.41. The van der Waals surface area contributed by atoms with Gasteiger partial charge in [0.15, 0.2) is 5.75 Å². The molecule has 19 heavy (non-hydrogen) atoms. The minimum atomic E-state index is -3.02. The molecule has 0 aliphatic heterocycles. The third-order valence-electron chi connectivity index (χ3n) is 2.58. The monoisotopic (exact) mass is 266 g/mol. The van der Waals surface area contributed by atoms with Gasteiger partial charge in [0.05, 0.1) is 11.9 Å². The van der Waals surface area contributed by atoms with Gasteiger partial charge in [-0.1, -0.05) is 6.92 Å². The van der Waals surface area contributed by atoms with Gasteiger partial charge in [-0.2, -0.15) is 8.78 Å². The molecule has 0 amide bonds. The van der Waals surface area contributed by atoms with Gasteiger partial charge < -0.3 is 4.74 Å². The number of ether oxygens (including phenoxy) is 1. The lowest BCUT2D eigenvalue weighted by Gasteiger charge is -2.08. The zero-order chi connectivity index (χ0) is 13.8. The summed E-state index contributed by atoms with van der Waals surface area (Å²) in [4.78, 5) is 16.1. The molecule has 0 fully saturated rings. The fourth-order valence-electron chi connectivity index (χ4n) is 1.63. The minimum Gasteiger partial charge on any atom is -0.429 e. The Labute approximate surface area is 108 Å². The second kappa shape index (κ2) is 5.60. The average molecular weight is 266 g/mol. The molecule has 0 spiro atoms. The number of rotatable bonds is 4. The van der Waals surface area contributed by atoms with E-state index in [0.717, 1.165) is 12.1 Å². The van der Waals surface area contributed by atoms with Crippen molar-refractivity contribution in [2.75, 3.05) is 0 Å². The Hall–Kier alpha value is -2.24. The van der Waals surface area contributed by atoms with Crippen LogP contribution in [0.15, 0.2) is 41.5 Å². The zero-order valence-corrected chi connectivity index (χ0v) is 10.2. The Morgan fingerprint density at radius 2 is 2.16 bits per heavy atom. The number of aromatic nitrogens is 2. The summed E-state index contributed by atoms with van der Waals surface area (Å²) in [5.41, 5.74) is 0.743. The minimum absolute atomic E-state index is 0.392. The van der Waals surface area contributed by atoms with Crippen LogP contribution in [0.4, 0.5) is 8.78 Å². The lowest BCUT2D eigenvalue weighted by Crippen LogP contribution is -2.21. The van der Waals surface area contributed by atoms with Gasteiger partial charge in [0.2, 0.25) is 0 Å². The van der Waals surface area contributed by atoms with Gasteiger partial charge >= 0.3 is 6.61 Å². The van der Waals surface area contributed by atoms with Crippen molar-refractivity contribution < 1.29 is 13.5 Å². The lowest BCUT2D eigenvalue weighted by atomic mass is 10.3. The van der Waals surface area contributed by atoms with Gasteiger partial charge in [-0.05, 0) is 30.7 Å². The molecule has 0 aliphatic rings. The highest BCUT2D eigenvalue weighted by atomic mass is 19.3. The van der Waals surface area contributed by atoms with E-state index >= 15 is 0 Å². The molecule has 0 atom stereocenters. The Morgan fingerprint density at radius 3 is 2.74 bits per heavy atom. The molecule has 0 saturated carbocycles. The topological polar surface area (TPSA) is 44.1 Å². The van der Waals surface area contributed by atoms with E-state index in [4.69, 9.17) is 0 Å². The van der Waals surface area contributed by atoms with Gasteiger partial charge in [0.25, 0.3) is 5.56 Å².